The van der Waals surface area contributed by atoms with Crippen LogP contribution in [0.25, 0.3) is 0 Å². The summed E-state index contributed by atoms with van der Waals surface area (Å²) in [6, 6.07) is 13.1. The molecule has 2 heterocycles. The first-order valence-corrected chi connectivity index (χ1v) is 18.3. The smallest absolute Gasteiger partial charge is 0.185 e. The number of benzene rings is 2. The van der Waals surface area contributed by atoms with Crippen molar-refractivity contribution in [1.82, 2.24) is 9.97 Å². The van der Waals surface area contributed by atoms with E-state index in [4.69, 9.17) is 5.14 Å². The predicted octanol–water partition coefficient (Wildman–Crippen LogP) is 7.45. The van der Waals surface area contributed by atoms with Crippen LogP contribution in [0.3, 0.4) is 0 Å². The van der Waals surface area contributed by atoms with Gasteiger partial charge in [-0.1, -0.05) is 12.1 Å². The van der Waals surface area contributed by atoms with Crippen LogP contribution in [0.5, 0.6) is 0 Å². The molecule has 4 aromatic rings. The van der Waals surface area contributed by atoms with E-state index in [1.54, 1.807) is 27.7 Å². The molecule has 2 N–H and O–H groups in total. The normalized spacial score (nSPS) is 12.7. The van der Waals surface area contributed by atoms with Gasteiger partial charge in [0.05, 0.1) is 44.1 Å². The molecule has 0 spiro atoms. The molecule has 2 atom stereocenters. The van der Waals surface area contributed by atoms with Gasteiger partial charge in [0.1, 0.15) is 45.6 Å². The van der Waals surface area contributed by atoms with Gasteiger partial charge in [0.2, 0.25) is 0 Å². The molecule has 9 nitrogen and oxygen atoms in total. The van der Waals surface area contributed by atoms with Gasteiger partial charge in [0.25, 0.3) is 0 Å². The van der Waals surface area contributed by atoms with Crippen molar-refractivity contribution < 1.29 is 40.4 Å². The summed E-state index contributed by atoms with van der Waals surface area (Å²) in [4.78, 5) is 42.8. The first-order chi connectivity index (χ1) is 24.5. The summed E-state index contributed by atoms with van der Waals surface area (Å²) in [6.45, 7) is 13.7. The molecule has 0 aliphatic carbocycles. The van der Waals surface area contributed by atoms with Gasteiger partial charge in [-0.05, 0) is 115 Å². The second-order valence-corrected chi connectivity index (χ2v) is 17.3. The summed E-state index contributed by atoms with van der Waals surface area (Å²) in [5.74, 6) is -3.22. The highest BCUT2D eigenvalue weighted by Gasteiger charge is 2.20. The van der Waals surface area contributed by atoms with Crippen LogP contribution in [0.15, 0.2) is 77.5 Å². The molecule has 0 amide bonds. The maximum atomic E-state index is 14.2. The van der Waals surface area contributed by atoms with Crippen LogP contribution in [-0.4, -0.2) is 50.9 Å². The van der Waals surface area contributed by atoms with Crippen LogP contribution in [0.1, 0.15) is 103 Å². The lowest BCUT2D eigenvalue weighted by Crippen LogP contribution is -2.27. The zero-order valence-electron chi connectivity index (χ0n) is 30.6. The fraction of sp³-hybridized carbons (Fsp3) is 0.316. The Labute approximate surface area is 311 Å². The highest BCUT2D eigenvalue weighted by Crippen LogP contribution is 2.18. The van der Waals surface area contributed by atoms with E-state index < -0.39 is 55.8 Å². The lowest BCUT2D eigenvalue weighted by atomic mass is 10.0. The number of carbonyl (C=O) groups excluding carboxylic acids is 3. The summed E-state index contributed by atoms with van der Waals surface area (Å²) in [5.41, 5.74) is 1.77. The predicted molar refractivity (Wildman–Crippen MR) is 199 cm³/mol. The van der Waals surface area contributed by atoms with Crippen LogP contribution >= 0.6 is 0 Å². The number of halogens is 4. The molecule has 0 aliphatic heterocycles. The van der Waals surface area contributed by atoms with Crippen molar-refractivity contribution in [3.63, 3.8) is 0 Å². The van der Waals surface area contributed by atoms with Crippen molar-refractivity contribution in [1.29, 1.82) is 0 Å². The summed E-state index contributed by atoms with van der Waals surface area (Å²) < 4.78 is 78.9. The molecule has 0 bridgehead atoms. The van der Waals surface area contributed by atoms with Crippen molar-refractivity contribution in [3.05, 3.63) is 130 Å². The monoisotopic (exact) mass is 774 g/mol. The van der Waals surface area contributed by atoms with Gasteiger partial charge >= 0.3 is 0 Å². The van der Waals surface area contributed by atoms with E-state index in [-0.39, 0.29) is 51.7 Å². The molecule has 15 heteroatoms. The van der Waals surface area contributed by atoms with Gasteiger partial charge in [0, 0.05) is 18.4 Å². The summed E-state index contributed by atoms with van der Waals surface area (Å²) in [6.07, 6.45) is 1.89. The van der Waals surface area contributed by atoms with Gasteiger partial charge in [-0.25, -0.2) is 26.0 Å². The Morgan fingerprint density at radius 3 is 1.40 bits per heavy atom. The Hall–Kier alpha value is -4.60. The van der Waals surface area contributed by atoms with Crippen molar-refractivity contribution >= 4 is 45.0 Å². The van der Waals surface area contributed by atoms with Crippen LogP contribution in [0.4, 0.5) is 17.6 Å². The molecule has 0 aliphatic rings. The number of hydrogen-bond donors (Lipinski definition) is 1. The Bertz CT molecular complexity index is 2010. The minimum Gasteiger partial charge on any atom is -0.294 e. The van der Waals surface area contributed by atoms with Crippen LogP contribution < -0.4 is 5.14 Å². The third kappa shape index (κ3) is 14.7. The highest BCUT2D eigenvalue weighted by molar-refractivity contribution is 7.85. The lowest BCUT2D eigenvalue weighted by molar-refractivity contribution is 0.0979. The fourth-order valence-electron chi connectivity index (χ4n) is 3.86. The molecule has 0 unspecified atom stereocenters. The molecule has 284 valence electrons. The summed E-state index contributed by atoms with van der Waals surface area (Å²) >= 11 is 0. The molecule has 53 heavy (non-hydrogen) atoms. The number of pyridine rings is 2. The maximum Gasteiger partial charge on any atom is 0.185 e. The summed E-state index contributed by atoms with van der Waals surface area (Å²) in [7, 11) is -2.70. The van der Waals surface area contributed by atoms with Crippen molar-refractivity contribution in [3.8, 4) is 0 Å². The van der Waals surface area contributed by atoms with Crippen molar-refractivity contribution in [2.24, 2.45) is 9.54 Å². The van der Waals surface area contributed by atoms with Gasteiger partial charge in [-0.3, -0.25) is 29.5 Å². The molecule has 0 saturated carbocycles. The topological polar surface area (TPSA) is 150 Å². The average Bonchev–Trinajstić information content (AvgIpc) is 3.06. The Balaban J connectivity index is 0.000000318. The molecule has 2 aromatic carbocycles. The minimum absolute atomic E-state index is 0.0123. The lowest BCUT2D eigenvalue weighted by Gasteiger charge is -2.14. The van der Waals surface area contributed by atoms with E-state index in [0.29, 0.717) is 16.8 Å². The largest absolute Gasteiger partial charge is 0.294 e. The first-order valence-electron chi connectivity index (χ1n) is 16.0. The Kier molecular flexibility index (Phi) is 16.4. The number of nitrogens with two attached hydrogens (primary N) is 1. The van der Waals surface area contributed by atoms with Gasteiger partial charge in [-0.2, -0.15) is 4.40 Å². The fourth-order valence-corrected chi connectivity index (χ4v) is 4.48. The van der Waals surface area contributed by atoms with Crippen LogP contribution in [0.2, 0.25) is 0 Å². The Morgan fingerprint density at radius 1 is 0.660 bits per heavy atom. The number of aromatic nitrogens is 2. The zero-order valence-corrected chi connectivity index (χ0v) is 32.3. The van der Waals surface area contributed by atoms with E-state index in [9.17, 15) is 40.4 Å². The average molecular weight is 775 g/mol. The maximum absolute atomic E-state index is 14.2. The van der Waals surface area contributed by atoms with Crippen LogP contribution in [-0.2, 0) is 34.8 Å². The Morgan fingerprint density at radius 2 is 1.06 bits per heavy atom. The van der Waals surface area contributed by atoms with E-state index in [0.717, 1.165) is 30.6 Å². The van der Waals surface area contributed by atoms with E-state index >= 15 is 0 Å². The summed E-state index contributed by atoms with van der Waals surface area (Å²) in [5, 5.41) is 5.04. The number of hydrogen-bond acceptors (Lipinski definition) is 7. The number of carbonyl (C=O) groups is 3. The van der Waals surface area contributed by atoms with Crippen LogP contribution in [0, 0.1) is 23.3 Å². The van der Waals surface area contributed by atoms with Gasteiger partial charge in [-0.15, -0.1) is 0 Å². The highest BCUT2D eigenvalue weighted by atomic mass is 32.2. The van der Waals surface area contributed by atoms with Crippen molar-refractivity contribution in [2.75, 3.05) is 0 Å². The SMILES string of the molecule is CC(=N[S@](=O)C(C)(C)C)c1cc(CC(=O)c2ccc(F)cn2)ccc1F.CC(=O)c1cc(CC(=O)c2ccc(F)cn2)ccc1F.CC(C)(C)[S@](N)=O. The number of Topliss-reactive ketones (excluding diaryl/α,β-unsaturated/α-hetero) is 3. The zero-order chi connectivity index (χ0) is 40.3. The quantitative estimate of drug-likeness (QED) is 0.105. The molecule has 2 aromatic heterocycles. The third-order valence-electron chi connectivity index (χ3n) is 6.93. The molecule has 0 saturated heterocycles. The molecular formula is C38H42F4N4O5S2. The van der Waals surface area contributed by atoms with E-state index in [2.05, 4.69) is 14.4 Å². The van der Waals surface area contributed by atoms with Crippen molar-refractivity contribution in [2.45, 2.75) is 77.7 Å². The second kappa shape index (κ2) is 19.5. The number of rotatable bonds is 9. The number of ketones is 3. The second-order valence-electron chi connectivity index (χ2n) is 13.6. The van der Waals surface area contributed by atoms with Gasteiger partial charge < -0.3 is 0 Å². The van der Waals surface area contributed by atoms with Gasteiger partial charge in [0.15, 0.2) is 17.3 Å². The molecule has 4 rings (SSSR count). The molecule has 0 radical (unpaired) electrons. The molecular weight excluding hydrogens is 733 g/mol. The third-order valence-corrected chi connectivity index (χ3v) is 9.63. The van der Waals surface area contributed by atoms with E-state index in [1.807, 2.05) is 20.8 Å². The van der Waals surface area contributed by atoms with E-state index in [1.165, 1.54) is 49.4 Å². The molecule has 0 fully saturated rings. The number of nitrogens with zero attached hydrogens (tertiary/aromatic N) is 3. The standard InChI is InChI=1S/C19H20F2N2O2S.C15H11F2NO2.C4H11NOS/c1-12(23-26(25)19(2,3)4)15-9-13(5-7-16(15)21)10-18(24)17-8-6-14(20)11-22-17;1-9(19)12-6-10(2-4-13(12)17)7-15(20)14-5-3-11(16)8-18-14;1-4(2,3)7(5)6/h5-9,11H,10H2,1-4H3;2-6,8H,7H2,1H3;5H2,1-3H3/t26-;;7-/m1.1/s1. The first kappa shape index (κ1) is 44.6. The minimum atomic E-state index is -1.52.